The Balaban J connectivity index is 1.95. The van der Waals surface area contributed by atoms with Gasteiger partial charge in [0.2, 0.25) is 0 Å². The van der Waals surface area contributed by atoms with Crippen molar-refractivity contribution in [1.82, 2.24) is 4.90 Å². The maximum Gasteiger partial charge on any atom is 0.342 e. The van der Waals surface area contributed by atoms with Gasteiger partial charge in [-0.2, -0.15) is 0 Å². The molecule has 1 aliphatic heterocycles. The summed E-state index contributed by atoms with van der Waals surface area (Å²) in [5.41, 5.74) is 0.217. The maximum absolute atomic E-state index is 12.1. The molecule has 0 unspecified atom stereocenters. The zero-order valence-corrected chi connectivity index (χ0v) is 13.6. The molecule has 0 N–H and O–H groups in total. The molecule has 1 fully saturated rings. The summed E-state index contributed by atoms with van der Waals surface area (Å²) in [7, 11) is 1.46. The Morgan fingerprint density at radius 1 is 1.41 bits per heavy atom. The van der Waals surface area contributed by atoms with Crippen molar-refractivity contribution in [1.29, 1.82) is 0 Å². The molecule has 1 amide bonds. The van der Waals surface area contributed by atoms with E-state index in [1.807, 2.05) is 0 Å². The number of likely N-dealkylation sites (tertiary alicyclic amines) is 1. The summed E-state index contributed by atoms with van der Waals surface area (Å²) in [4.78, 5) is 25.9. The van der Waals surface area contributed by atoms with Crippen molar-refractivity contribution >= 4 is 23.5 Å². The highest BCUT2D eigenvalue weighted by Crippen LogP contribution is 2.23. The van der Waals surface area contributed by atoms with Gasteiger partial charge in [-0.15, -0.1) is 0 Å². The summed E-state index contributed by atoms with van der Waals surface area (Å²) in [6.07, 6.45) is 2.12. The first-order chi connectivity index (χ1) is 10.5. The highest BCUT2D eigenvalue weighted by molar-refractivity contribution is 6.31. The monoisotopic (exact) mass is 325 g/mol. The summed E-state index contributed by atoms with van der Waals surface area (Å²) in [6, 6.07) is 4.68. The zero-order valence-electron chi connectivity index (χ0n) is 12.8. The Morgan fingerprint density at radius 2 is 2.18 bits per heavy atom. The van der Waals surface area contributed by atoms with Gasteiger partial charge in [-0.05, 0) is 37.0 Å². The second-order valence-corrected chi connectivity index (χ2v) is 5.94. The third-order valence-corrected chi connectivity index (χ3v) is 3.95. The fourth-order valence-corrected chi connectivity index (χ4v) is 2.72. The van der Waals surface area contributed by atoms with Crippen LogP contribution in [0.1, 0.15) is 30.1 Å². The predicted octanol–water partition coefficient (Wildman–Crippen LogP) is 2.76. The van der Waals surface area contributed by atoms with Crippen LogP contribution in [0.5, 0.6) is 5.75 Å². The largest absolute Gasteiger partial charge is 0.496 e. The van der Waals surface area contributed by atoms with Gasteiger partial charge < -0.3 is 14.4 Å². The number of esters is 1. The average molecular weight is 326 g/mol. The van der Waals surface area contributed by atoms with E-state index in [-0.39, 0.29) is 18.1 Å². The third-order valence-electron chi connectivity index (χ3n) is 3.72. The summed E-state index contributed by atoms with van der Waals surface area (Å²) in [6.45, 7) is 3.29. The normalized spacial score (nSPS) is 18.0. The van der Waals surface area contributed by atoms with E-state index in [4.69, 9.17) is 21.1 Å². The molecule has 1 saturated heterocycles. The molecular weight excluding hydrogens is 306 g/mol. The number of piperidine rings is 1. The van der Waals surface area contributed by atoms with Crippen LogP contribution >= 0.6 is 11.6 Å². The number of amides is 1. The summed E-state index contributed by atoms with van der Waals surface area (Å²) in [5, 5.41) is 0.406. The van der Waals surface area contributed by atoms with E-state index in [9.17, 15) is 9.59 Å². The van der Waals surface area contributed by atoms with Crippen LogP contribution in [0, 0.1) is 5.92 Å². The van der Waals surface area contributed by atoms with E-state index in [2.05, 4.69) is 6.92 Å². The van der Waals surface area contributed by atoms with E-state index >= 15 is 0 Å². The van der Waals surface area contributed by atoms with Crippen molar-refractivity contribution in [3.63, 3.8) is 0 Å². The van der Waals surface area contributed by atoms with Crippen LogP contribution in [0.15, 0.2) is 18.2 Å². The van der Waals surface area contributed by atoms with E-state index in [1.54, 1.807) is 17.0 Å². The molecule has 22 heavy (non-hydrogen) atoms. The van der Waals surface area contributed by atoms with Gasteiger partial charge in [0.05, 0.1) is 7.11 Å². The molecule has 1 heterocycles. The number of halogens is 1. The number of benzene rings is 1. The van der Waals surface area contributed by atoms with E-state index < -0.39 is 5.97 Å². The first-order valence-electron chi connectivity index (χ1n) is 7.29. The van der Waals surface area contributed by atoms with Crippen molar-refractivity contribution < 1.29 is 19.1 Å². The van der Waals surface area contributed by atoms with Gasteiger partial charge in [0.1, 0.15) is 11.3 Å². The zero-order chi connectivity index (χ0) is 16.1. The van der Waals surface area contributed by atoms with Gasteiger partial charge in [0.25, 0.3) is 5.91 Å². The number of carbonyl (C=O) groups excluding carboxylic acids is 2. The van der Waals surface area contributed by atoms with Crippen LogP contribution < -0.4 is 4.74 Å². The van der Waals surface area contributed by atoms with Crippen LogP contribution in [0.4, 0.5) is 0 Å². The second-order valence-electron chi connectivity index (χ2n) is 5.51. The van der Waals surface area contributed by atoms with Gasteiger partial charge >= 0.3 is 5.97 Å². The lowest BCUT2D eigenvalue weighted by Gasteiger charge is -2.30. The second kappa shape index (κ2) is 7.49. The lowest BCUT2D eigenvalue weighted by atomic mass is 10.0. The fourth-order valence-electron chi connectivity index (χ4n) is 2.55. The number of carbonyl (C=O) groups is 2. The topological polar surface area (TPSA) is 55.8 Å². The Labute approximate surface area is 135 Å². The quantitative estimate of drug-likeness (QED) is 0.799. The molecule has 0 bridgehead atoms. The summed E-state index contributed by atoms with van der Waals surface area (Å²) in [5.74, 6) is 0.0773. The molecule has 2 rings (SSSR count). The molecule has 1 aliphatic rings. The molecule has 1 aromatic carbocycles. The minimum atomic E-state index is -0.613. The van der Waals surface area contributed by atoms with Crippen molar-refractivity contribution in [2.24, 2.45) is 5.92 Å². The van der Waals surface area contributed by atoms with Gasteiger partial charge in [-0.1, -0.05) is 18.5 Å². The van der Waals surface area contributed by atoms with Gasteiger partial charge in [0, 0.05) is 18.1 Å². The predicted molar refractivity (Wildman–Crippen MR) is 83.3 cm³/mol. The minimum Gasteiger partial charge on any atom is -0.496 e. The highest BCUT2D eigenvalue weighted by Gasteiger charge is 2.23. The lowest BCUT2D eigenvalue weighted by molar-refractivity contribution is -0.136. The molecule has 0 aliphatic carbocycles. The van der Waals surface area contributed by atoms with Gasteiger partial charge in [-0.3, -0.25) is 4.79 Å². The van der Waals surface area contributed by atoms with Crippen LogP contribution in [0.2, 0.25) is 5.02 Å². The number of nitrogens with zero attached hydrogens (tertiary/aromatic N) is 1. The van der Waals surface area contributed by atoms with Crippen LogP contribution in [0.3, 0.4) is 0 Å². The standard InChI is InChI=1S/C16H20ClNO4/c1-11-4-3-7-18(9-11)15(19)10-22-16(20)13-8-12(17)5-6-14(13)21-2/h5-6,8,11H,3-4,7,9-10H2,1-2H3/t11-/m1/s1. The van der Waals surface area contributed by atoms with E-state index in [1.165, 1.54) is 13.2 Å². The summed E-state index contributed by atoms with van der Waals surface area (Å²) >= 11 is 5.88. The van der Waals surface area contributed by atoms with Gasteiger partial charge in [0.15, 0.2) is 6.61 Å². The Hall–Kier alpha value is -1.75. The number of hydrogen-bond donors (Lipinski definition) is 0. The molecule has 6 heteroatoms. The Morgan fingerprint density at radius 3 is 2.86 bits per heavy atom. The molecule has 120 valence electrons. The van der Waals surface area contributed by atoms with E-state index in [0.717, 1.165) is 25.9 Å². The average Bonchev–Trinajstić information content (AvgIpc) is 2.52. The van der Waals surface area contributed by atoms with Crippen LogP contribution in [-0.2, 0) is 9.53 Å². The molecule has 5 nitrogen and oxygen atoms in total. The van der Waals surface area contributed by atoms with Crippen molar-refractivity contribution in [3.8, 4) is 5.75 Å². The Bertz CT molecular complexity index is 561. The minimum absolute atomic E-state index is 0.166. The lowest BCUT2D eigenvalue weighted by Crippen LogP contribution is -2.41. The third kappa shape index (κ3) is 4.13. The number of hydrogen-bond acceptors (Lipinski definition) is 4. The molecule has 0 saturated carbocycles. The van der Waals surface area contributed by atoms with Crippen molar-refractivity contribution in [3.05, 3.63) is 28.8 Å². The number of ether oxygens (including phenoxy) is 2. The molecule has 0 aromatic heterocycles. The molecular formula is C16H20ClNO4. The van der Waals surface area contributed by atoms with Crippen LogP contribution in [0.25, 0.3) is 0 Å². The smallest absolute Gasteiger partial charge is 0.342 e. The Kier molecular flexibility index (Phi) is 5.66. The summed E-state index contributed by atoms with van der Waals surface area (Å²) < 4.78 is 10.2. The number of rotatable bonds is 4. The number of methoxy groups -OCH3 is 1. The maximum atomic E-state index is 12.1. The molecule has 0 radical (unpaired) electrons. The SMILES string of the molecule is COc1ccc(Cl)cc1C(=O)OCC(=O)N1CCC[C@@H](C)C1. The first-order valence-corrected chi connectivity index (χ1v) is 7.67. The molecule has 0 spiro atoms. The van der Waals surface area contributed by atoms with Crippen molar-refractivity contribution in [2.75, 3.05) is 26.8 Å². The van der Waals surface area contributed by atoms with Crippen LogP contribution in [-0.4, -0.2) is 43.6 Å². The highest BCUT2D eigenvalue weighted by atomic mass is 35.5. The van der Waals surface area contributed by atoms with Gasteiger partial charge in [-0.25, -0.2) is 4.79 Å². The fraction of sp³-hybridized carbons (Fsp3) is 0.500. The van der Waals surface area contributed by atoms with E-state index in [0.29, 0.717) is 16.7 Å². The van der Waals surface area contributed by atoms with Crippen molar-refractivity contribution in [2.45, 2.75) is 19.8 Å². The molecule has 1 aromatic rings. The first kappa shape index (κ1) is 16.6. The molecule has 1 atom stereocenters.